The minimum absolute atomic E-state index is 0.167. The van der Waals surface area contributed by atoms with Crippen molar-refractivity contribution >= 4 is 15.9 Å². The Kier molecular flexibility index (Phi) is 4.94. The van der Waals surface area contributed by atoms with Crippen LogP contribution in [0, 0.1) is 5.82 Å². The van der Waals surface area contributed by atoms with Crippen LogP contribution < -0.4 is 5.73 Å². The molecule has 0 bridgehead atoms. The average molecular weight is 356 g/mol. The highest BCUT2D eigenvalue weighted by molar-refractivity contribution is 9.10. The van der Waals surface area contributed by atoms with Crippen LogP contribution in [-0.4, -0.2) is 48.6 Å². The molecule has 2 aliphatic heterocycles. The highest BCUT2D eigenvalue weighted by Crippen LogP contribution is 2.31. The van der Waals surface area contributed by atoms with E-state index in [0.717, 1.165) is 23.1 Å². The normalized spacial score (nSPS) is 25.6. The molecule has 1 aromatic carbocycles. The molecule has 0 radical (unpaired) electrons. The van der Waals surface area contributed by atoms with Gasteiger partial charge in [-0.2, -0.15) is 0 Å². The minimum Gasteiger partial charge on any atom is -0.329 e. The van der Waals surface area contributed by atoms with Crippen molar-refractivity contribution in [2.45, 2.75) is 31.3 Å². The van der Waals surface area contributed by atoms with Crippen LogP contribution >= 0.6 is 15.9 Å². The number of rotatable bonds is 3. The van der Waals surface area contributed by atoms with Crippen molar-refractivity contribution < 1.29 is 4.39 Å². The highest BCUT2D eigenvalue weighted by Gasteiger charge is 2.32. The van der Waals surface area contributed by atoms with Crippen LogP contribution in [0.15, 0.2) is 22.7 Å². The summed E-state index contributed by atoms with van der Waals surface area (Å²) in [5, 5.41) is 0. The van der Waals surface area contributed by atoms with Gasteiger partial charge < -0.3 is 5.73 Å². The van der Waals surface area contributed by atoms with E-state index in [0.29, 0.717) is 12.6 Å². The van der Waals surface area contributed by atoms with Crippen LogP contribution in [0.3, 0.4) is 0 Å². The first-order valence-electron chi connectivity index (χ1n) is 7.82. The highest BCUT2D eigenvalue weighted by atomic mass is 79.9. The van der Waals surface area contributed by atoms with Crippen LogP contribution in [0.5, 0.6) is 0 Å². The molecule has 2 N–H and O–H groups in total. The van der Waals surface area contributed by atoms with E-state index in [9.17, 15) is 4.39 Å². The van der Waals surface area contributed by atoms with Gasteiger partial charge in [-0.25, -0.2) is 4.39 Å². The van der Waals surface area contributed by atoms with Gasteiger partial charge in [0.25, 0.3) is 0 Å². The van der Waals surface area contributed by atoms with Gasteiger partial charge in [0.05, 0.1) is 0 Å². The van der Waals surface area contributed by atoms with Gasteiger partial charge >= 0.3 is 0 Å². The molecule has 21 heavy (non-hydrogen) atoms. The second-order valence-electron chi connectivity index (χ2n) is 6.10. The molecule has 3 nitrogen and oxygen atoms in total. The Morgan fingerprint density at radius 2 is 2.10 bits per heavy atom. The van der Waals surface area contributed by atoms with Gasteiger partial charge in [0.1, 0.15) is 5.82 Å². The van der Waals surface area contributed by atoms with Gasteiger partial charge in [-0.1, -0.05) is 22.0 Å². The summed E-state index contributed by atoms with van der Waals surface area (Å²) in [6, 6.07) is 5.77. The molecule has 0 saturated carbocycles. The number of benzene rings is 1. The molecule has 0 amide bonds. The molecule has 2 atom stereocenters. The van der Waals surface area contributed by atoms with E-state index in [4.69, 9.17) is 5.73 Å². The number of fused-ring (bicyclic) bond motifs is 1. The van der Waals surface area contributed by atoms with Gasteiger partial charge in [-0.3, -0.25) is 9.80 Å². The molecule has 2 unspecified atom stereocenters. The SMILES string of the molecule is NCC(c1ccc(F)cc1Br)N1CCCN2CCCC2C1. The summed E-state index contributed by atoms with van der Waals surface area (Å²) in [6.07, 6.45) is 3.79. The van der Waals surface area contributed by atoms with E-state index in [-0.39, 0.29) is 11.9 Å². The van der Waals surface area contributed by atoms with Crippen molar-refractivity contribution in [3.05, 3.63) is 34.1 Å². The van der Waals surface area contributed by atoms with Crippen LogP contribution in [0.1, 0.15) is 30.9 Å². The molecule has 1 aromatic rings. The first-order valence-corrected chi connectivity index (χ1v) is 8.61. The summed E-state index contributed by atoms with van der Waals surface area (Å²) in [7, 11) is 0. The first-order chi connectivity index (χ1) is 10.2. The molecule has 0 aromatic heterocycles. The third-order valence-corrected chi connectivity index (χ3v) is 5.51. The molecular weight excluding hydrogens is 333 g/mol. The molecule has 2 heterocycles. The predicted octanol–water partition coefficient (Wildman–Crippen LogP) is 2.76. The largest absolute Gasteiger partial charge is 0.329 e. The van der Waals surface area contributed by atoms with Gasteiger partial charge in [0, 0.05) is 36.2 Å². The fraction of sp³-hybridized carbons (Fsp3) is 0.625. The third kappa shape index (κ3) is 3.31. The van der Waals surface area contributed by atoms with E-state index < -0.39 is 0 Å². The zero-order valence-electron chi connectivity index (χ0n) is 12.3. The van der Waals surface area contributed by atoms with E-state index in [1.54, 1.807) is 0 Å². The Hall–Kier alpha value is -0.490. The zero-order valence-corrected chi connectivity index (χ0v) is 13.9. The molecule has 2 saturated heterocycles. The van der Waals surface area contributed by atoms with Crippen LogP contribution in [0.2, 0.25) is 0 Å². The monoisotopic (exact) mass is 355 g/mol. The molecule has 0 spiro atoms. The molecule has 116 valence electrons. The van der Waals surface area contributed by atoms with E-state index in [1.807, 2.05) is 6.07 Å². The fourth-order valence-electron chi connectivity index (χ4n) is 3.76. The Morgan fingerprint density at radius 3 is 2.86 bits per heavy atom. The lowest BCUT2D eigenvalue weighted by molar-refractivity contribution is 0.175. The molecular formula is C16H23BrFN3. The summed E-state index contributed by atoms with van der Waals surface area (Å²) in [5.74, 6) is -0.209. The van der Waals surface area contributed by atoms with Crippen molar-refractivity contribution in [3.8, 4) is 0 Å². The quantitative estimate of drug-likeness (QED) is 0.904. The summed E-state index contributed by atoms with van der Waals surface area (Å²) in [4.78, 5) is 5.11. The summed E-state index contributed by atoms with van der Waals surface area (Å²) < 4.78 is 14.1. The Morgan fingerprint density at radius 1 is 1.29 bits per heavy atom. The van der Waals surface area contributed by atoms with E-state index in [1.165, 1.54) is 44.5 Å². The van der Waals surface area contributed by atoms with Crippen molar-refractivity contribution in [2.75, 3.05) is 32.7 Å². The maximum atomic E-state index is 13.3. The van der Waals surface area contributed by atoms with Crippen LogP contribution in [0.25, 0.3) is 0 Å². The van der Waals surface area contributed by atoms with Crippen molar-refractivity contribution in [3.63, 3.8) is 0 Å². The maximum Gasteiger partial charge on any atom is 0.124 e. The smallest absolute Gasteiger partial charge is 0.124 e. The minimum atomic E-state index is -0.209. The van der Waals surface area contributed by atoms with Crippen molar-refractivity contribution in [1.29, 1.82) is 0 Å². The summed E-state index contributed by atoms with van der Waals surface area (Å²) >= 11 is 3.50. The van der Waals surface area contributed by atoms with Gasteiger partial charge in [-0.15, -0.1) is 0 Å². The number of nitrogens with two attached hydrogens (primary N) is 1. The molecule has 5 heteroatoms. The maximum absolute atomic E-state index is 13.3. The van der Waals surface area contributed by atoms with Crippen LogP contribution in [-0.2, 0) is 0 Å². The summed E-state index contributed by atoms with van der Waals surface area (Å²) in [6.45, 7) is 5.15. The topological polar surface area (TPSA) is 32.5 Å². The molecule has 3 rings (SSSR count). The van der Waals surface area contributed by atoms with Crippen molar-refractivity contribution in [2.24, 2.45) is 5.73 Å². The first kappa shape index (κ1) is 15.4. The van der Waals surface area contributed by atoms with Gasteiger partial charge in [-0.05, 0) is 50.0 Å². The second-order valence-corrected chi connectivity index (χ2v) is 6.95. The predicted molar refractivity (Wildman–Crippen MR) is 86.7 cm³/mol. The molecule has 0 aliphatic carbocycles. The Balaban J connectivity index is 1.81. The Bertz CT molecular complexity index is 496. The number of hydrogen-bond acceptors (Lipinski definition) is 3. The second kappa shape index (κ2) is 6.73. The van der Waals surface area contributed by atoms with E-state index in [2.05, 4.69) is 25.7 Å². The summed E-state index contributed by atoms with van der Waals surface area (Å²) in [5.41, 5.74) is 7.16. The zero-order chi connectivity index (χ0) is 14.8. The Labute approximate surface area is 134 Å². The lowest BCUT2D eigenvalue weighted by Gasteiger charge is -2.33. The number of hydrogen-bond donors (Lipinski definition) is 1. The fourth-order valence-corrected chi connectivity index (χ4v) is 4.38. The van der Waals surface area contributed by atoms with Crippen LogP contribution in [0.4, 0.5) is 4.39 Å². The molecule has 2 fully saturated rings. The number of nitrogens with zero attached hydrogens (tertiary/aromatic N) is 2. The lowest BCUT2D eigenvalue weighted by Crippen LogP contribution is -2.40. The van der Waals surface area contributed by atoms with Gasteiger partial charge in [0.15, 0.2) is 0 Å². The van der Waals surface area contributed by atoms with Crippen molar-refractivity contribution in [1.82, 2.24) is 9.80 Å². The number of halogens is 2. The lowest BCUT2D eigenvalue weighted by atomic mass is 10.0. The standard InChI is InChI=1S/C16H23BrFN3/c17-15-9-12(18)4-5-14(15)16(10-19)21-8-2-7-20-6-1-3-13(20)11-21/h4-5,9,13,16H,1-3,6-8,10-11,19H2. The van der Waals surface area contributed by atoms with E-state index >= 15 is 0 Å². The molecule has 2 aliphatic rings. The third-order valence-electron chi connectivity index (χ3n) is 4.82. The average Bonchev–Trinajstić information content (AvgIpc) is 2.80. The van der Waals surface area contributed by atoms with Gasteiger partial charge in [0.2, 0.25) is 0 Å².